The van der Waals surface area contributed by atoms with E-state index in [1.807, 2.05) is 6.07 Å². The summed E-state index contributed by atoms with van der Waals surface area (Å²) in [5, 5.41) is 0. The summed E-state index contributed by atoms with van der Waals surface area (Å²) >= 11 is 0. The summed E-state index contributed by atoms with van der Waals surface area (Å²) in [4.78, 5) is 18.1. The third-order valence-electron chi connectivity index (χ3n) is 3.39. The number of Topliss-reactive ketones (excluding diaryl/α,β-unsaturated/α-hetero) is 1. The Morgan fingerprint density at radius 1 is 1.61 bits per heavy atom. The van der Waals surface area contributed by atoms with Crippen molar-refractivity contribution in [2.75, 3.05) is 18.1 Å². The topological polar surface area (TPSA) is 42.4 Å². The summed E-state index contributed by atoms with van der Waals surface area (Å²) in [6, 6.07) is 3.98. The van der Waals surface area contributed by atoms with E-state index >= 15 is 0 Å². The maximum Gasteiger partial charge on any atom is 0.159 e. The molecule has 0 spiro atoms. The SMILES string of the molecule is CCC1COC(C)CN1c1cc(C(C)=O)ccn1. The van der Waals surface area contributed by atoms with Crippen LogP contribution in [0.15, 0.2) is 18.3 Å². The van der Waals surface area contributed by atoms with Crippen molar-refractivity contribution in [1.29, 1.82) is 0 Å². The molecule has 4 nitrogen and oxygen atoms in total. The molecule has 2 unspecified atom stereocenters. The minimum atomic E-state index is 0.0769. The second kappa shape index (κ2) is 5.48. The Kier molecular flexibility index (Phi) is 3.97. The van der Waals surface area contributed by atoms with Crippen molar-refractivity contribution in [1.82, 2.24) is 4.98 Å². The second-order valence-corrected chi connectivity index (χ2v) is 4.82. The van der Waals surface area contributed by atoms with Crippen LogP contribution >= 0.6 is 0 Å². The molecule has 1 aliphatic heterocycles. The van der Waals surface area contributed by atoms with Gasteiger partial charge in [0, 0.05) is 18.3 Å². The molecule has 98 valence electrons. The van der Waals surface area contributed by atoms with Crippen molar-refractivity contribution in [2.24, 2.45) is 0 Å². The summed E-state index contributed by atoms with van der Waals surface area (Å²) in [6.45, 7) is 7.34. The lowest BCUT2D eigenvalue weighted by Gasteiger charge is -2.39. The molecule has 2 atom stereocenters. The summed E-state index contributed by atoms with van der Waals surface area (Å²) in [6.07, 6.45) is 2.92. The van der Waals surface area contributed by atoms with Gasteiger partial charge in [0.05, 0.1) is 18.8 Å². The van der Waals surface area contributed by atoms with Crippen LogP contribution in [0.2, 0.25) is 0 Å². The Balaban J connectivity index is 2.27. The Bertz CT molecular complexity index is 434. The number of hydrogen-bond donors (Lipinski definition) is 0. The molecule has 0 bridgehead atoms. The van der Waals surface area contributed by atoms with Gasteiger partial charge in [0.1, 0.15) is 5.82 Å². The van der Waals surface area contributed by atoms with E-state index in [-0.39, 0.29) is 11.9 Å². The zero-order valence-corrected chi connectivity index (χ0v) is 11.2. The summed E-state index contributed by atoms with van der Waals surface area (Å²) < 4.78 is 5.67. The first-order valence-corrected chi connectivity index (χ1v) is 6.47. The normalized spacial score (nSPS) is 24.1. The Morgan fingerprint density at radius 3 is 3.06 bits per heavy atom. The summed E-state index contributed by atoms with van der Waals surface area (Å²) in [5.41, 5.74) is 0.717. The van der Waals surface area contributed by atoms with Crippen LogP contribution in [0.1, 0.15) is 37.6 Å². The number of rotatable bonds is 3. The van der Waals surface area contributed by atoms with Gasteiger partial charge < -0.3 is 9.64 Å². The van der Waals surface area contributed by atoms with Gasteiger partial charge in [-0.1, -0.05) is 6.92 Å². The van der Waals surface area contributed by atoms with E-state index in [0.29, 0.717) is 11.6 Å². The first-order valence-electron chi connectivity index (χ1n) is 6.47. The van der Waals surface area contributed by atoms with Crippen LogP contribution in [0.4, 0.5) is 5.82 Å². The summed E-state index contributed by atoms with van der Waals surface area (Å²) in [5.74, 6) is 0.956. The molecule has 0 aromatic carbocycles. The molecule has 0 amide bonds. The van der Waals surface area contributed by atoms with Gasteiger partial charge in [-0.3, -0.25) is 4.79 Å². The average molecular weight is 248 g/mol. The predicted molar refractivity (Wildman–Crippen MR) is 71.1 cm³/mol. The van der Waals surface area contributed by atoms with Gasteiger partial charge in [0.15, 0.2) is 5.78 Å². The van der Waals surface area contributed by atoms with Crippen LogP contribution in [0.5, 0.6) is 0 Å². The second-order valence-electron chi connectivity index (χ2n) is 4.82. The number of pyridine rings is 1. The Labute approximate surface area is 108 Å². The molecule has 2 rings (SSSR count). The molecule has 1 aromatic rings. The minimum absolute atomic E-state index is 0.0769. The van der Waals surface area contributed by atoms with E-state index in [4.69, 9.17) is 4.74 Å². The van der Waals surface area contributed by atoms with Gasteiger partial charge >= 0.3 is 0 Å². The highest BCUT2D eigenvalue weighted by atomic mass is 16.5. The highest BCUT2D eigenvalue weighted by Gasteiger charge is 2.26. The van der Waals surface area contributed by atoms with Crippen molar-refractivity contribution in [3.8, 4) is 0 Å². The van der Waals surface area contributed by atoms with Crippen molar-refractivity contribution in [3.05, 3.63) is 23.9 Å². The number of ether oxygens (including phenoxy) is 1. The van der Waals surface area contributed by atoms with Crippen molar-refractivity contribution >= 4 is 11.6 Å². The molecule has 1 fully saturated rings. The number of hydrogen-bond acceptors (Lipinski definition) is 4. The van der Waals surface area contributed by atoms with Crippen LogP contribution in [0.25, 0.3) is 0 Å². The van der Waals surface area contributed by atoms with E-state index in [1.54, 1.807) is 19.2 Å². The minimum Gasteiger partial charge on any atom is -0.375 e. The lowest BCUT2D eigenvalue weighted by Crippen LogP contribution is -2.49. The molecular formula is C14H20N2O2. The van der Waals surface area contributed by atoms with Gasteiger partial charge in [-0.05, 0) is 32.4 Å². The molecule has 4 heteroatoms. The lowest BCUT2D eigenvalue weighted by atomic mass is 10.1. The highest BCUT2D eigenvalue weighted by molar-refractivity contribution is 5.94. The van der Waals surface area contributed by atoms with E-state index in [1.165, 1.54) is 0 Å². The molecule has 2 heterocycles. The van der Waals surface area contributed by atoms with Crippen LogP contribution in [0, 0.1) is 0 Å². The maximum absolute atomic E-state index is 11.4. The summed E-state index contributed by atoms with van der Waals surface area (Å²) in [7, 11) is 0. The van der Waals surface area contributed by atoms with Crippen LogP contribution in [0.3, 0.4) is 0 Å². The first-order chi connectivity index (χ1) is 8.61. The predicted octanol–water partition coefficient (Wildman–Crippen LogP) is 2.29. The molecule has 1 saturated heterocycles. The molecule has 0 saturated carbocycles. The molecule has 0 radical (unpaired) electrons. The molecule has 0 aliphatic carbocycles. The van der Waals surface area contributed by atoms with Crippen LogP contribution in [-0.4, -0.2) is 36.1 Å². The third-order valence-corrected chi connectivity index (χ3v) is 3.39. The van der Waals surface area contributed by atoms with Gasteiger partial charge in [-0.15, -0.1) is 0 Å². The number of aromatic nitrogens is 1. The zero-order valence-electron chi connectivity index (χ0n) is 11.2. The van der Waals surface area contributed by atoms with E-state index < -0.39 is 0 Å². The van der Waals surface area contributed by atoms with Crippen LogP contribution < -0.4 is 4.90 Å². The molecule has 1 aliphatic rings. The highest BCUT2D eigenvalue weighted by Crippen LogP contribution is 2.22. The van der Waals surface area contributed by atoms with Gasteiger partial charge in [-0.25, -0.2) is 4.98 Å². The molecule has 18 heavy (non-hydrogen) atoms. The molecular weight excluding hydrogens is 228 g/mol. The van der Waals surface area contributed by atoms with Gasteiger partial charge in [-0.2, -0.15) is 0 Å². The standard InChI is InChI=1S/C14H20N2O2/c1-4-13-9-18-10(2)8-16(13)14-7-12(11(3)17)5-6-15-14/h5-7,10,13H,4,8-9H2,1-3H3. The van der Waals surface area contributed by atoms with Crippen LogP contribution in [-0.2, 0) is 4.74 Å². The fourth-order valence-electron chi connectivity index (χ4n) is 2.26. The van der Waals surface area contributed by atoms with Crippen molar-refractivity contribution in [3.63, 3.8) is 0 Å². The Hall–Kier alpha value is -1.42. The average Bonchev–Trinajstić information content (AvgIpc) is 2.39. The van der Waals surface area contributed by atoms with E-state index in [9.17, 15) is 4.79 Å². The smallest absolute Gasteiger partial charge is 0.159 e. The molecule has 1 aromatic heterocycles. The maximum atomic E-state index is 11.4. The molecule has 0 N–H and O–H groups in total. The van der Waals surface area contributed by atoms with Gasteiger partial charge in [0.25, 0.3) is 0 Å². The number of anilines is 1. The third kappa shape index (κ3) is 2.70. The number of ketones is 1. The van der Waals surface area contributed by atoms with Crippen molar-refractivity contribution < 1.29 is 9.53 Å². The fourth-order valence-corrected chi connectivity index (χ4v) is 2.26. The van der Waals surface area contributed by atoms with E-state index in [0.717, 1.165) is 25.4 Å². The number of carbonyl (C=O) groups is 1. The van der Waals surface area contributed by atoms with E-state index in [2.05, 4.69) is 23.7 Å². The van der Waals surface area contributed by atoms with Gasteiger partial charge in [0.2, 0.25) is 0 Å². The number of nitrogens with zero attached hydrogens (tertiary/aromatic N) is 2. The number of morpholine rings is 1. The van der Waals surface area contributed by atoms with Crippen molar-refractivity contribution in [2.45, 2.75) is 39.3 Å². The fraction of sp³-hybridized carbons (Fsp3) is 0.571. The first kappa shape index (κ1) is 13.0. The lowest BCUT2D eigenvalue weighted by molar-refractivity contribution is 0.0296. The zero-order chi connectivity index (χ0) is 13.1. The quantitative estimate of drug-likeness (QED) is 0.770. The number of carbonyl (C=O) groups excluding carboxylic acids is 1. The monoisotopic (exact) mass is 248 g/mol. The largest absolute Gasteiger partial charge is 0.375 e. The Morgan fingerprint density at radius 2 is 2.39 bits per heavy atom.